The molecule has 2 aromatic heterocycles. The Labute approximate surface area is 185 Å². The van der Waals surface area contributed by atoms with Crippen LogP contribution in [-0.4, -0.2) is 56.5 Å². The molecule has 0 aliphatic carbocycles. The fraction of sp³-hybridized carbons (Fsp3) is 0.364. The molecule has 1 amide bonds. The molecule has 1 aromatic carbocycles. The Hall–Kier alpha value is -3.82. The quantitative estimate of drug-likeness (QED) is 0.606. The second kappa shape index (κ2) is 9.54. The molecule has 32 heavy (non-hydrogen) atoms. The van der Waals surface area contributed by atoms with Crippen molar-refractivity contribution < 1.29 is 14.3 Å². The minimum Gasteiger partial charge on any atom is -0.474 e. The van der Waals surface area contributed by atoms with Gasteiger partial charge in [0.25, 0.3) is 5.56 Å². The van der Waals surface area contributed by atoms with Gasteiger partial charge >= 0.3 is 6.09 Å². The van der Waals surface area contributed by atoms with Gasteiger partial charge in [0, 0.05) is 43.8 Å². The smallest absolute Gasteiger partial charge is 0.410 e. The fourth-order valence-corrected chi connectivity index (χ4v) is 3.53. The number of benzene rings is 1. The monoisotopic (exact) mass is 438 g/mol. The third-order valence-electron chi connectivity index (χ3n) is 5.02. The maximum absolute atomic E-state index is 12.1. The first kappa shape index (κ1) is 21.4. The van der Waals surface area contributed by atoms with Crippen molar-refractivity contribution in [3.05, 3.63) is 59.1 Å². The molecule has 1 aliphatic rings. The van der Waals surface area contributed by atoms with E-state index in [1.54, 1.807) is 15.9 Å². The molecule has 4 rings (SSSR count). The van der Waals surface area contributed by atoms with Gasteiger partial charge in [0.1, 0.15) is 24.1 Å². The van der Waals surface area contributed by atoms with E-state index in [9.17, 15) is 9.59 Å². The zero-order valence-corrected chi connectivity index (χ0v) is 18.0. The van der Waals surface area contributed by atoms with Crippen molar-refractivity contribution in [1.29, 1.82) is 0 Å². The summed E-state index contributed by atoms with van der Waals surface area (Å²) < 4.78 is 11.4. The lowest BCUT2D eigenvalue weighted by Gasteiger charge is -2.31. The van der Waals surface area contributed by atoms with Gasteiger partial charge in [-0.15, -0.1) is 0 Å². The summed E-state index contributed by atoms with van der Waals surface area (Å²) in [6.45, 7) is 4.80. The number of ether oxygens (including phenoxy) is 2. The van der Waals surface area contributed by atoms with Gasteiger partial charge in [-0.2, -0.15) is 0 Å². The van der Waals surface area contributed by atoms with Crippen LogP contribution >= 0.6 is 0 Å². The van der Waals surface area contributed by atoms with Crippen LogP contribution in [0, 0.1) is 0 Å². The molecule has 0 bridgehead atoms. The molecule has 0 saturated carbocycles. The van der Waals surface area contributed by atoms with Gasteiger partial charge < -0.3 is 14.4 Å². The van der Waals surface area contributed by atoms with E-state index in [0.717, 1.165) is 5.69 Å². The third kappa shape index (κ3) is 5.08. The molecule has 168 valence electrons. The number of H-pyrrole nitrogens is 2. The van der Waals surface area contributed by atoms with E-state index in [1.807, 2.05) is 44.2 Å². The van der Waals surface area contributed by atoms with E-state index in [-0.39, 0.29) is 23.9 Å². The van der Waals surface area contributed by atoms with Crippen molar-refractivity contribution >= 4 is 23.4 Å². The topological polar surface area (TPSA) is 116 Å². The number of aromatic nitrogens is 4. The second-order valence-corrected chi connectivity index (χ2v) is 7.77. The van der Waals surface area contributed by atoms with Crippen molar-refractivity contribution in [1.82, 2.24) is 25.1 Å². The Morgan fingerprint density at radius 3 is 2.53 bits per heavy atom. The summed E-state index contributed by atoms with van der Waals surface area (Å²) in [5, 5.41) is 5.42. The van der Waals surface area contributed by atoms with E-state index in [1.165, 1.54) is 12.4 Å². The summed E-state index contributed by atoms with van der Waals surface area (Å²) in [6, 6.07) is 12.8. The van der Waals surface area contributed by atoms with Crippen molar-refractivity contribution in [2.45, 2.75) is 38.9 Å². The number of nitrogens with one attached hydrogen (secondary N) is 2. The number of rotatable bonds is 6. The molecular weight excluding hydrogens is 412 g/mol. The van der Waals surface area contributed by atoms with Gasteiger partial charge in [0.05, 0.1) is 6.10 Å². The largest absolute Gasteiger partial charge is 0.474 e. The highest BCUT2D eigenvalue weighted by Gasteiger charge is 2.26. The number of piperidine rings is 1. The number of carbonyl (C=O) groups excluding carboxylic acids is 1. The number of nitrogens with zero attached hydrogens (tertiary/aromatic N) is 4. The van der Waals surface area contributed by atoms with Crippen LogP contribution in [-0.2, 0) is 4.74 Å². The van der Waals surface area contributed by atoms with Crippen LogP contribution in [0.1, 0.15) is 26.7 Å². The standard InChI is InChI=1S/C22H26N6O4/c1-15(2)31-22(30)27-10-8-17(9-11-27)32-21-13-18(23-14-24-21)28(16-6-4-3-5-7-16)19-12-20(29)26-25-19/h3-7,12-15,17H,8-11H2,1-2H3,(H2,25,26,29). The van der Waals surface area contributed by atoms with E-state index >= 15 is 0 Å². The number of para-hydroxylation sites is 1. The van der Waals surface area contributed by atoms with Crippen LogP contribution in [0.4, 0.5) is 22.1 Å². The number of anilines is 3. The normalized spacial score (nSPS) is 14.4. The van der Waals surface area contributed by atoms with E-state index in [0.29, 0.717) is 43.4 Å². The Bertz CT molecular complexity index is 1090. The van der Waals surface area contributed by atoms with Crippen LogP contribution in [0.15, 0.2) is 53.6 Å². The molecule has 0 radical (unpaired) electrons. The van der Waals surface area contributed by atoms with Gasteiger partial charge in [-0.05, 0) is 26.0 Å². The average molecular weight is 438 g/mol. The minimum atomic E-state index is -0.290. The predicted octanol–water partition coefficient (Wildman–Crippen LogP) is 3.35. The van der Waals surface area contributed by atoms with Crippen LogP contribution in [0.2, 0.25) is 0 Å². The molecule has 0 unspecified atom stereocenters. The van der Waals surface area contributed by atoms with Crippen molar-refractivity contribution in [3.63, 3.8) is 0 Å². The van der Waals surface area contributed by atoms with Crippen LogP contribution in [0.25, 0.3) is 0 Å². The second-order valence-electron chi connectivity index (χ2n) is 7.77. The molecule has 1 saturated heterocycles. The van der Waals surface area contributed by atoms with Crippen molar-refractivity contribution in [2.24, 2.45) is 0 Å². The van der Waals surface area contributed by atoms with Crippen LogP contribution in [0.5, 0.6) is 5.88 Å². The number of likely N-dealkylation sites (tertiary alicyclic amines) is 1. The minimum absolute atomic E-state index is 0.0712. The van der Waals surface area contributed by atoms with Crippen molar-refractivity contribution in [2.75, 3.05) is 18.0 Å². The van der Waals surface area contributed by atoms with Gasteiger partial charge in [-0.25, -0.2) is 14.8 Å². The summed E-state index contributed by atoms with van der Waals surface area (Å²) in [6.07, 6.45) is 2.29. The number of aromatic amines is 2. The van der Waals surface area contributed by atoms with E-state index < -0.39 is 0 Å². The Kier molecular flexibility index (Phi) is 6.39. The predicted molar refractivity (Wildman–Crippen MR) is 119 cm³/mol. The van der Waals surface area contributed by atoms with Gasteiger partial charge in [0.2, 0.25) is 5.88 Å². The first-order valence-corrected chi connectivity index (χ1v) is 10.6. The highest BCUT2D eigenvalue weighted by atomic mass is 16.6. The van der Waals surface area contributed by atoms with Crippen LogP contribution < -0.4 is 15.2 Å². The van der Waals surface area contributed by atoms with Crippen molar-refractivity contribution in [3.8, 4) is 5.88 Å². The number of amides is 1. The first-order valence-electron chi connectivity index (χ1n) is 10.6. The summed E-state index contributed by atoms with van der Waals surface area (Å²) in [7, 11) is 0. The molecular formula is C22H26N6O4. The molecule has 10 nitrogen and oxygen atoms in total. The summed E-state index contributed by atoms with van der Waals surface area (Å²) >= 11 is 0. The molecule has 2 N–H and O–H groups in total. The summed E-state index contributed by atoms with van der Waals surface area (Å²) in [5.41, 5.74) is 0.582. The van der Waals surface area contributed by atoms with Gasteiger partial charge in [-0.1, -0.05) is 18.2 Å². The van der Waals surface area contributed by atoms with Gasteiger partial charge in [0.15, 0.2) is 0 Å². The van der Waals surface area contributed by atoms with E-state index in [2.05, 4.69) is 20.2 Å². The molecule has 10 heteroatoms. The molecule has 1 fully saturated rings. The number of carbonyl (C=O) groups is 1. The molecule has 3 aromatic rings. The molecule has 0 atom stereocenters. The lowest BCUT2D eigenvalue weighted by molar-refractivity contribution is 0.0507. The molecule has 3 heterocycles. The number of hydrogen-bond acceptors (Lipinski definition) is 7. The Morgan fingerprint density at radius 2 is 1.88 bits per heavy atom. The number of hydrogen-bond donors (Lipinski definition) is 2. The highest BCUT2D eigenvalue weighted by Crippen LogP contribution is 2.32. The lowest BCUT2D eigenvalue weighted by atomic mass is 10.1. The van der Waals surface area contributed by atoms with E-state index in [4.69, 9.17) is 9.47 Å². The van der Waals surface area contributed by atoms with Crippen LogP contribution in [0.3, 0.4) is 0 Å². The molecule has 0 spiro atoms. The Balaban J connectivity index is 1.48. The first-order chi connectivity index (χ1) is 15.5. The maximum Gasteiger partial charge on any atom is 0.410 e. The zero-order valence-electron chi connectivity index (χ0n) is 18.0. The third-order valence-corrected chi connectivity index (χ3v) is 5.02. The fourth-order valence-electron chi connectivity index (χ4n) is 3.53. The summed E-state index contributed by atoms with van der Waals surface area (Å²) in [4.78, 5) is 35.9. The zero-order chi connectivity index (χ0) is 22.5. The molecule has 1 aliphatic heterocycles. The summed E-state index contributed by atoms with van der Waals surface area (Å²) in [5.74, 6) is 1.52. The lowest BCUT2D eigenvalue weighted by Crippen LogP contribution is -2.42. The SMILES string of the molecule is CC(C)OC(=O)N1CCC(Oc2cc(N(c3ccccc3)c3cc(=O)[nH][nH]3)ncn2)CC1. The average Bonchev–Trinajstić information content (AvgIpc) is 3.20. The highest BCUT2D eigenvalue weighted by molar-refractivity contribution is 5.72. The Morgan fingerprint density at radius 1 is 1.12 bits per heavy atom. The van der Waals surface area contributed by atoms with Gasteiger partial charge in [-0.3, -0.25) is 19.9 Å². The maximum atomic E-state index is 12.1.